The number of esters is 1. The molecule has 2 aromatic carbocycles. The molecule has 53 heavy (non-hydrogen) atoms. The third-order valence-electron chi connectivity index (χ3n) is 8.01. The lowest BCUT2D eigenvalue weighted by molar-refractivity contribution is 0.0602. The molecule has 6 heterocycles. The van der Waals surface area contributed by atoms with Gasteiger partial charge in [-0.05, 0) is 70.1 Å². The summed E-state index contributed by atoms with van der Waals surface area (Å²) in [6.45, 7) is 1.08. The number of carbonyl (C=O) groups excluding carboxylic acids is 1. The zero-order valence-corrected chi connectivity index (χ0v) is 30.1. The summed E-state index contributed by atoms with van der Waals surface area (Å²) >= 11 is 14.3. The van der Waals surface area contributed by atoms with E-state index in [9.17, 15) is 15.3 Å². The van der Waals surface area contributed by atoms with Gasteiger partial charge in [0, 0.05) is 52.2 Å². The molecular weight excluding hydrogens is 826 g/mol. The van der Waals surface area contributed by atoms with E-state index >= 15 is 0 Å². The van der Waals surface area contributed by atoms with Gasteiger partial charge < -0.3 is 13.9 Å². The van der Waals surface area contributed by atoms with Gasteiger partial charge in [0.15, 0.2) is 11.4 Å². The van der Waals surface area contributed by atoms with Crippen LogP contribution in [0.5, 0.6) is 0 Å². The Morgan fingerprint density at radius 3 is 1.74 bits per heavy atom. The maximum absolute atomic E-state index is 12.2. The van der Waals surface area contributed by atoms with Crippen LogP contribution >= 0.6 is 45.8 Å². The van der Waals surface area contributed by atoms with Gasteiger partial charge in [-0.2, -0.15) is 10.5 Å². The van der Waals surface area contributed by atoms with Crippen LogP contribution in [0.25, 0.3) is 43.9 Å². The van der Waals surface area contributed by atoms with E-state index in [1.807, 2.05) is 59.3 Å². The Hall–Kier alpha value is -5.74. The number of nitriles is 2. The molecule has 0 N–H and O–H groups in total. The molecule has 0 aliphatic heterocycles. The summed E-state index contributed by atoms with van der Waals surface area (Å²) < 4.78 is 9.62. The second kappa shape index (κ2) is 16.3. The number of benzene rings is 2. The van der Waals surface area contributed by atoms with Crippen LogP contribution in [0.4, 0.5) is 0 Å². The Morgan fingerprint density at radius 2 is 1.23 bits per heavy atom. The van der Waals surface area contributed by atoms with E-state index in [0.29, 0.717) is 39.9 Å². The van der Waals surface area contributed by atoms with Crippen LogP contribution < -0.4 is 0 Å². The molecule has 0 spiro atoms. The van der Waals surface area contributed by atoms with E-state index in [0.717, 1.165) is 47.5 Å². The molecule has 12 nitrogen and oxygen atoms in total. The molecule has 6 aromatic heterocycles. The fraction of sp³-hybridized carbons (Fsp3) is 0.132. The van der Waals surface area contributed by atoms with Crippen LogP contribution in [-0.4, -0.2) is 52.1 Å². The summed E-state index contributed by atoms with van der Waals surface area (Å²) in [6.07, 6.45) is 9.60. The molecule has 8 aromatic rings. The predicted molar refractivity (Wildman–Crippen MR) is 214 cm³/mol. The molecule has 0 bridgehead atoms. The summed E-state index contributed by atoms with van der Waals surface area (Å²) in [6, 6.07) is 19.8. The molecular formula is C38H29Cl2IN10O2. The standard InChI is InChI=1S/C19H12ClN5O2.C17H9ClIN5.2CH4/c1-27-19(26)14-9-25(18-17(14)16(6-21)23-10-24-18)8-11-2-3-15-12(4-11)5-13(20)7-22-15;18-12-4-11-3-10(1-2-14(11)21-6-12)7-24-8-13(19)16-15(5-20)22-9-23-17(16)24;;/h2-5,7,9-10H,8H2,1H3;1-4,6,8-9H,7H2;2*1H4. The molecule has 0 radical (unpaired) electrons. The van der Waals surface area contributed by atoms with Crippen molar-refractivity contribution in [1.29, 1.82) is 10.5 Å². The Balaban J connectivity index is 0.000000198. The summed E-state index contributed by atoms with van der Waals surface area (Å²) in [5.74, 6) is -0.542. The zero-order valence-electron chi connectivity index (χ0n) is 26.4. The number of hydrogen-bond donors (Lipinski definition) is 0. The molecule has 0 aliphatic rings. The van der Waals surface area contributed by atoms with Crippen molar-refractivity contribution in [2.45, 2.75) is 27.9 Å². The SMILES string of the molecule is C.C.COC(=O)c1cn(Cc2ccc3ncc(Cl)cc3c2)c2ncnc(C#N)c12.N#Cc1ncnc2c1c(I)cn2Cc1ccc2ncc(Cl)cc2c1. The average Bonchev–Trinajstić information content (AvgIpc) is 3.67. The number of nitrogens with zero attached hydrogens (tertiary/aromatic N) is 10. The zero-order chi connectivity index (χ0) is 35.6. The minimum absolute atomic E-state index is 0. The molecule has 264 valence electrons. The van der Waals surface area contributed by atoms with Crippen molar-refractivity contribution in [3.63, 3.8) is 0 Å². The van der Waals surface area contributed by atoms with Gasteiger partial charge in [-0.25, -0.2) is 24.7 Å². The number of ether oxygens (including phenoxy) is 1. The molecule has 0 atom stereocenters. The summed E-state index contributed by atoms with van der Waals surface area (Å²) in [5.41, 5.74) is 5.87. The maximum Gasteiger partial charge on any atom is 0.340 e. The number of fused-ring (bicyclic) bond motifs is 4. The number of rotatable bonds is 5. The predicted octanol–water partition coefficient (Wildman–Crippen LogP) is 8.77. The molecule has 8 rings (SSSR count). The number of hydrogen-bond acceptors (Lipinski definition) is 10. The molecule has 0 aliphatic carbocycles. The van der Waals surface area contributed by atoms with Crippen molar-refractivity contribution in [3.05, 3.63) is 128 Å². The minimum atomic E-state index is -0.542. The lowest BCUT2D eigenvalue weighted by Crippen LogP contribution is -2.01. The number of halogens is 3. The second-order valence-corrected chi connectivity index (χ2v) is 13.2. The van der Waals surface area contributed by atoms with Crippen molar-refractivity contribution in [2.75, 3.05) is 7.11 Å². The lowest BCUT2D eigenvalue weighted by atomic mass is 10.1. The van der Waals surface area contributed by atoms with Crippen LogP contribution in [-0.2, 0) is 17.8 Å². The normalized spacial score (nSPS) is 10.5. The first-order valence-corrected chi connectivity index (χ1v) is 16.9. The second-order valence-electron chi connectivity index (χ2n) is 11.2. The van der Waals surface area contributed by atoms with Gasteiger partial charge in [-0.1, -0.05) is 50.2 Å². The van der Waals surface area contributed by atoms with Gasteiger partial charge in [0.05, 0.1) is 44.5 Å². The number of carbonyl (C=O) groups is 1. The summed E-state index contributed by atoms with van der Waals surface area (Å²) in [5, 5.41) is 22.8. The largest absolute Gasteiger partial charge is 0.465 e. The van der Waals surface area contributed by atoms with Gasteiger partial charge >= 0.3 is 5.97 Å². The summed E-state index contributed by atoms with van der Waals surface area (Å²) in [7, 11) is 1.29. The Labute approximate surface area is 327 Å². The summed E-state index contributed by atoms with van der Waals surface area (Å²) in [4.78, 5) is 37.3. The Morgan fingerprint density at radius 1 is 0.736 bits per heavy atom. The van der Waals surface area contributed by atoms with E-state index in [-0.39, 0.29) is 26.1 Å². The minimum Gasteiger partial charge on any atom is -0.465 e. The number of aromatic nitrogens is 8. The highest BCUT2D eigenvalue weighted by Gasteiger charge is 2.21. The molecule has 0 fully saturated rings. The smallest absolute Gasteiger partial charge is 0.340 e. The van der Waals surface area contributed by atoms with Crippen molar-refractivity contribution in [2.24, 2.45) is 0 Å². The van der Waals surface area contributed by atoms with E-state index in [1.165, 1.54) is 19.8 Å². The first kappa shape index (κ1) is 38.5. The molecule has 0 unspecified atom stereocenters. The van der Waals surface area contributed by atoms with Crippen LogP contribution in [0.3, 0.4) is 0 Å². The number of pyridine rings is 2. The van der Waals surface area contributed by atoms with Crippen molar-refractivity contribution >= 4 is 95.6 Å². The van der Waals surface area contributed by atoms with E-state index in [4.69, 9.17) is 27.9 Å². The van der Waals surface area contributed by atoms with E-state index in [2.05, 4.69) is 64.6 Å². The fourth-order valence-corrected chi connectivity index (χ4v) is 6.94. The highest BCUT2D eigenvalue weighted by atomic mass is 127. The lowest BCUT2D eigenvalue weighted by Gasteiger charge is -2.06. The quantitative estimate of drug-likeness (QED) is 0.121. The molecule has 15 heteroatoms. The van der Waals surface area contributed by atoms with Crippen LogP contribution in [0.15, 0.2) is 86.0 Å². The number of methoxy groups -OCH3 is 1. The van der Waals surface area contributed by atoms with Crippen LogP contribution in [0.2, 0.25) is 10.0 Å². The van der Waals surface area contributed by atoms with Crippen LogP contribution in [0.1, 0.15) is 47.7 Å². The highest BCUT2D eigenvalue weighted by molar-refractivity contribution is 14.1. The van der Waals surface area contributed by atoms with Crippen molar-refractivity contribution in [3.8, 4) is 12.1 Å². The van der Waals surface area contributed by atoms with Crippen molar-refractivity contribution < 1.29 is 9.53 Å². The van der Waals surface area contributed by atoms with Gasteiger partial charge in [0.25, 0.3) is 0 Å². The Bertz CT molecular complexity index is 2750. The third kappa shape index (κ3) is 7.73. The fourth-order valence-electron chi connectivity index (χ4n) is 5.77. The van der Waals surface area contributed by atoms with E-state index < -0.39 is 5.97 Å². The maximum atomic E-state index is 12.2. The Kier molecular flexibility index (Phi) is 11.8. The van der Waals surface area contributed by atoms with Gasteiger partial charge in [0.2, 0.25) is 0 Å². The first-order chi connectivity index (χ1) is 24.8. The van der Waals surface area contributed by atoms with Gasteiger partial charge in [0.1, 0.15) is 36.1 Å². The molecule has 0 saturated heterocycles. The first-order valence-electron chi connectivity index (χ1n) is 15.1. The van der Waals surface area contributed by atoms with Gasteiger partial charge in [-0.15, -0.1) is 0 Å². The monoisotopic (exact) mass is 854 g/mol. The molecule has 0 saturated carbocycles. The average molecular weight is 856 g/mol. The topological polar surface area (TPSA) is 161 Å². The van der Waals surface area contributed by atoms with Crippen molar-refractivity contribution in [1.82, 2.24) is 39.0 Å². The third-order valence-corrected chi connectivity index (χ3v) is 9.24. The van der Waals surface area contributed by atoms with Gasteiger partial charge in [-0.3, -0.25) is 9.97 Å². The molecule has 0 amide bonds. The highest BCUT2D eigenvalue weighted by Crippen LogP contribution is 2.27. The van der Waals surface area contributed by atoms with Crippen LogP contribution in [0, 0.1) is 26.2 Å². The van der Waals surface area contributed by atoms with E-state index in [1.54, 1.807) is 23.2 Å².